The van der Waals surface area contributed by atoms with Gasteiger partial charge in [0.15, 0.2) is 0 Å². The summed E-state index contributed by atoms with van der Waals surface area (Å²) in [4.78, 5) is 0. The Morgan fingerprint density at radius 2 is 1.00 bits per heavy atom. The maximum Gasteiger partial charge on any atom is 3.00 e. The molecule has 0 saturated carbocycles. The standard InChI is InChI=1S/Cr.Cu.Ni.O/q+3;2*+2;-2. The van der Waals surface area contributed by atoms with E-state index < -0.39 is 0 Å². The number of rotatable bonds is 0. The fourth-order valence-corrected chi connectivity index (χ4v) is 0. The molecule has 0 rings (SSSR count). The van der Waals surface area contributed by atoms with E-state index in [0.717, 1.165) is 0 Å². The van der Waals surface area contributed by atoms with Gasteiger partial charge in [-0.3, -0.25) is 0 Å². The molecule has 0 amide bonds. The van der Waals surface area contributed by atoms with Crippen molar-refractivity contribution in [1.29, 1.82) is 0 Å². The molecule has 0 heterocycles. The van der Waals surface area contributed by atoms with Gasteiger partial charge in [0.1, 0.15) is 0 Å². The van der Waals surface area contributed by atoms with Gasteiger partial charge >= 0.3 is 50.9 Å². The van der Waals surface area contributed by atoms with E-state index in [-0.39, 0.29) is 56.4 Å². The molecule has 0 aromatic heterocycles. The molecule has 0 aromatic rings. The molecule has 0 N–H and O–H groups in total. The molecular formula is CrCuNiO+5. The van der Waals surface area contributed by atoms with Crippen LogP contribution in [0.1, 0.15) is 0 Å². The second kappa shape index (κ2) is 24.4. The minimum Gasteiger partial charge on any atom is -2.00 e. The zero-order valence-corrected chi connectivity index (χ0v) is 4.64. The van der Waals surface area contributed by atoms with Crippen LogP contribution in [-0.4, -0.2) is 0 Å². The Morgan fingerprint density at radius 1 is 1.00 bits per heavy atom. The molecule has 0 aliphatic rings. The van der Waals surface area contributed by atoms with E-state index in [1.165, 1.54) is 0 Å². The van der Waals surface area contributed by atoms with Crippen LogP contribution in [0.2, 0.25) is 0 Å². The predicted octanol–water partition coefficient (Wildman–Crippen LogP) is -0.126. The molecule has 0 aliphatic carbocycles. The Morgan fingerprint density at radius 3 is 1.00 bits per heavy atom. The van der Waals surface area contributed by atoms with Crippen molar-refractivity contribution < 1.29 is 56.4 Å². The van der Waals surface area contributed by atoms with E-state index >= 15 is 0 Å². The Kier molecular flexibility index (Phi) is 301. The van der Waals surface area contributed by atoms with Crippen LogP contribution in [0.4, 0.5) is 0 Å². The molecule has 4 heavy (non-hydrogen) atoms. The Labute approximate surface area is 56.4 Å². The fraction of sp³-hybridized carbons (Fsp3) is 0. The van der Waals surface area contributed by atoms with Gasteiger partial charge in [0.2, 0.25) is 0 Å². The number of hydrogen-bond acceptors (Lipinski definition) is 0. The second-order valence-corrected chi connectivity index (χ2v) is 0. The zero-order valence-electron chi connectivity index (χ0n) is 1.43. The largest absolute Gasteiger partial charge is 3.00 e. The predicted molar refractivity (Wildman–Crippen MR) is 0.686 cm³/mol. The molecule has 0 fully saturated rings. The maximum atomic E-state index is 0. The third-order valence-corrected chi connectivity index (χ3v) is 0. The molecule has 0 aromatic carbocycles. The molecule has 0 bridgehead atoms. The number of hydrogen-bond donors (Lipinski definition) is 0. The molecule has 0 unspecified atom stereocenters. The minimum atomic E-state index is 0. The van der Waals surface area contributed by atoms with Crippen LogP contribution in [-0.2, 0) is 56.4 Å². The summed E-state index contributed by atoms with van der Waals surface area (Å²) >= 11 is 0. The van der Waals surface area contributed by atoms with Gasteiger partial charge in [-0.15, -0.1) is 0 Å². The van der Waals surface area contributed by atoms with Crippen molar-refractivity contribution >= 4 is 0 Å². The smallest absolute Gasteiger partial charge is 2.00 e. The summed E-state index contributed by atoms with van der Waals surface area (Å²) in [5.41, 5.74) is 0. The van der Waals surface area contributed by atoms with Crippen LogP contribution in [0.5, 0.6) is 0 Å². The molecule has 0 saturated heterocycles. The first-order chi connectivity index (χ1) is 0. The summed E-state index contributed by atoms with van der Waals surface area (Å²) in [5.74, 6) is 0. The average molecular weight is 190 g/mol. The van der Waals surface area contributed by atoms with Gasteiger partial charge in [-0.05, 0) is 0 Å². The quantitative estimate of drug-likeness (QED) is 0.476. The van der Waals surface area contributed by atoms with Gasteiger partial charge in [-0.2, -0.15) is 0 Å². The van der Waals surface area contributed by atoms with Gasteiger partial charge in [0, 0.05) is 0 Å². The van der Waals surface area contributed by atoms with Crippen molar-refractivity contribution in [3.8, 4) is 0 Å². The summed E-state index contributed by atoms with van der Waals surface area (Å²) in [6.45, 7) is 0. The summed E-state index contributed by atoms with van der Waals surface area (Å²) in [6, 6.07) is 0. The maximum absolute atomic E-state index is 0. The van der Waals surface area contributed by atoms with E-state index in [2.05, 4.69) is 0 Å². The Balaban J connectivity index is 0. The molecule has 0 aliphatic heterocycles. The van der Waals surface area contributed by atoms with Gasteiger partial charge in [0.05, 0.1) is 0 Å². The van der Waals surface area contributed by atoms with Crippen molar-refractivity contribution in [2.75, 3.05) is 0 Å². The SMILES string of the molecule is [Cr+3].[Cu+2].[Ni+2].[O-2]. The van der Waals surface area contributed by atoms with Crippen molar-refractivity contribution in [2.45, 2.75) is 0 Å². The third kappa shape index (κ3) is 9.71. The molecule has 1 nitrogen and oxygen atoms in total. The zero-order chi connectivity index (χ0) is 0. The van der Waals surface area contributed by atoms with E-state index in [1.807, 2.05) is 0 Å². The Hall–Kier alpha value is 1.51. The van der Waals surface area contributed by atoms with Crippen molar-refractivity contribution in [3.05, 3.63) is 0 Å². The molecule has 4 heteroatoms. The molecule has 0 spiro atoms. The first-order valence-electron chi connectivity index (χ1n) is 0. The van der Waals surface area contributed by atoms with Gasteiger partial charge in [-0.25, -0.2) is 0 Å². The van der Waals surface area contributed by atoms with E-state index in [9.17, 15) is 0 Å². The van der Waals surface area contributed by atoms with Crippen molar-refractivity contribution in [2.24, 2.45) is 0 Å². The van der Waals surface area contributed by atoms with Gasteiger partial charge in [0.25, 0.3) is 0 Å². The van der Waals surface area contributed by atoms with E-state index in [4.69, 9.17) is 0 Å². The summed E-state index contributed by atoms with van der Waals surface area (Å²) in [6.07, 6.45) is 0. The van der Waals surface area contributed by atoms with Crippen LogP contribution in [0.25, 0.3) is 0 Å². The van der Waals surface area contributed by atoms with E-state index in [0.29, 0.717) is 0 Å². The fourth-order valence-electron chi connectivity index (χ4n) is 0. The normalized spacial score (nSPS) is 0. The van der Waals surface area contributed by atoms with Gasteiger partial charge in [-0.1, -0.05) is 0 Å². The first-order valence-corrected chi connectivity index (χ1v) is 0. The molecule has 2 radical (unpaired) electrons. The molecule has 28 valence electrons. The van der Waals surface area contributed by atoms with E-state index in [1.54, 1.807) is 0 Å². The third-order valence-electron chi connectivity index (χ3n) is 0. The van der Waals surface area contributed by atoms with Crippen molar-refractivity contribution in [1.82, 2.24) is 0 Å². The Bertz CT molecular complexity index is 8.00. The first kappa shape index (κ1) is 49.3. The topological polar surface area (TPSA) is 28.5 Å². The van der Waals surface area contributed by atoms with Crippen LogP contribution < -0.4 is 0 Å². The summed E-state index contributed by atoms with van der Waals surface area (Å²) in [7, 11) is 0. The van der Waals surface area contributed by atoms with Crippen LogP contribution >= 0.6 is 0 Å². The van der Waals surface area contributed by atoms with Crippen LogP contribution in [0.3, 0.4) is 0 Å². The van der Waals surface area contributed by atoms with Crippen molar-refractivity contribution in [3.63, 3.8) is 0 Å². The minimum absolute atomic E-state index is 0. The second-order valence-electron chi connectivity index (χ2n) is 0. The van der Waals surface area contributed by atoms with Crippen LogP contribution in [0.15, 0.2) is 0 Å². The molecular weight excluding hydrogens is 190 g/mol. The monoisotopic (exact) mass is 189 g/mol. The van der Waals surface area contributed by atoms with Crippen LogP contribution in [0, 0.1) is 0 Å². The van der Waals surface area contributed by atoms with Gasteiger partial charge < -0.3 is 5.48 Å². The average Bonchev–Trinajstić information content (AvgIpc) is 0. The summed E-state index contributed by atoms with van der Waals surface area (Å²) in [5, 5.41) is 0. The summed E-state index contributed by atoms with van der Waals surface area (Å²) < 4.78 is 0. The molecule has 0 atom stereocenters.